The first-order valence-corrected chi connectivity index (χ1v) is 6.06. The molecule has 3 rings (SSSR count). The van der Waals surface area contributed by atoms with Crippen LogP contribution >= 0.6 is 0 Å². The summed E-state index contributed by atoms with van der Waals surface area (Å²) in [7, 11) is 0. The molecule has 0 saturated carbocycles. The van der Waals surface area contributed by atoms with E-state index in [4.69, 9.17) is 10.5 Å². The van der Waals surface area contributed by atoms with Crippen molar-refractivity contribution in [1.29, 1.82) is 0 Å². The van der Waals surface area contributed by atoms with Crippen LogP contribution in [0.15, 0.2) is 24.7 Å². The Morgan fingerprint density at radius 1 is 1.11 bits per heavy atom. The van der Waals surface area contributed by atoms with E-state index in [2.05, 4.69) is 24.8 Å². The van der Waals surface area contributed by atoms with Gasteiger partial charge in [0.05, 0.1) is 18.8 Å². The van der Waals surface area contributed by atoms with Gasteiger partial charge in [-0.05, 0) is 6.07 Å². The van der Waals surface area contributed by atoms with Crippen molar-refractivity contribution in [3.63, 3.8) is 0 Å². The van der Waals surface area contributed by atoms with E-state index < -0.39 is 0 Å². The van der Waals surface area contributed by atoms with Crippen LogP contribution in [-0.2, 0) is 4.74 Å². The van der Waals surface area contributed by atoms with Gasteiger partial charge < -0.3 is 15.4 Å². The van der Waals surface area contributed by atoms with Crippen molar-refractivity contribution in [2.75, 3.05) is 36.9 Å². The maximum atomic E-state index is 5.47. The molecule has 0 unspecified atom stereocenters. The molecule has 2 aromatic heterocycles. The second kappa shape index (κ2) is 5.15. The van der Waals surface area contributed by atoms with Gasteiger partial charge in [-0.25, -0.2) is 19.9 Å². The first kappa shape index (κ1) is 11.8. The number of hydrogen-bond acceptors (Lipinski definition) is 7. The number of morpholine rings is 1. The largest absolute Gasteiger partial charge is 0.378 e. The van der Waals surface area contributed by atoms with Gasteiger partial charge in [-0.15, -0.1) is 0 Å². The fraction of sp³-hybridized carbons (Fsp3) is 0.333. The molecule has 3 heterocycles. The fourth-order valence-corrected chi connectivity index (χ4v) is 1.91. The smallest absolute Gasteiger partial charge is 0.219 e. The molecular weight excluding hydrogens is 244 g/mol. The molecule has 1 fully saturated rings. The summed E-state index contributed by atoms with van der Waals surface area (Å²) in [5.74, 6) is 1.74. The first-order chi connectivity index (χ1) is 9.33. The lowest BCUT2D eigenvalue weighted by Gasteiger charge is -2.27. The fourth-order valence-electron chi connectivity index (χ4n) is 1.91. The zero-order chi connectivity index (χ0) is 13.1. The predicted octanol–water partition coefficient (Wildman–Crippen LogP) is 0.352. The average molecular weight is 258 g/mol. The molecule has 2 N–H and O–H groups in total. The van der Waals surface area contributed by atoms with Crippen molar-refractivity contribution in [3.8, 4) is 11.4 Å². The number of anilines is 2. The molecule has 2 aromatic rings. The average Bonchev–Trinajstić information content (AvgIpc) is 2.49. The summed E-state index contributed by atoms with van der Waals surface area (Å²) in [5.41, 5.74) is 6.22. The van der Waals surface area contributed by atoms with Crippen molar-refractivity contribution in [2.45, 2.75) is 0 Å². The molecule has 7 nitrogen and oxygen atoms in total. The molecule has 1 saturated heterocycles. The number of ether oxygens (including phenoxy) is 1. The van der Waals surface area contributed by atoms with Crippen LogP contribution in [0.5, 0.6) is 0 Å². The summed E-state index contributed by atoms with van der Waals surface area (Å²) in [6, 6.07) is 1.90. The van der Waals surface area contributed by atoms with Crippen LogP contribution in [0.2, 0.25) is 0 Å². The van der Waals surface area contributed by atoms with Crippen molar-refractivity contribution >= 4 is 11.8 Å². The third-order valence-corrected chi connectivity index (χ3v) is 2.91. The molecule has 0 radical (unpaired) electrons. The van der Waals surface area contributed by atoms with Gasteiger partial charge in [-0.1, -0.05) is 0 Å². The number of hydrogen-bond donors (Lipinski definition) is 1. The van der Waals surface area contributed by atoms with Crippen molar-refractivity contribution < 1.29 is 4.74 Å². The highest BCUT2D eigenvalue weighted by Gasteiger charge is 2.13. The highest BCUT2D eigenvalue weighted by molar-refractivity contribution is 5.55. The molecule has 19 heavy (non-hydrogen) atoms. The van der Waals surface area contributed by atoms with E-state index in [1.54, 1.807) is 18.6 Å². The zero-order valence-electron chi connectivity index (χ0n) is 10.4. The molecule has 0 bridgehead atoms. The van der Waals surface area contributed by atoms with Gasteiger partial charge in [0.15, 0.2) is 5.82 Å². The van der Waals surface area contributed by atoms with Crippen LogP contribution in [0.1, 0.15) is 0 Å². The lowest BCUT2D eigenvalue weighted by molar-refractivity contribution is 0.122. The summed E-state index contributed by atoms with van der Waals surface area (Å²) >= 11 is 0. The SMILES string of the molecule is Nc1ncc(-c2nccc(N3CCOCC3)n2)cn1. The van der Waals surface area contributed by atoms with Crippen LogP contribution in [0.3, 0.4) is 0 Å². The Bertz CT molecular complexity index is 552. The number of nitrogens with two attached hydrogens (primary N) is 1. The molecule has 0 aliphatic carbocycles. The molecule has 1 aliphatic heterocycles. The van der Waals surface area contributed by atoms with Gasteiger partial charge in [-0.2, -0.15) is 0 Å². The number of aromatic nitrogens is 4. The monoisotopic (exact) mass is 258 g/mol. The minimum absolute atomic E-state index is 0.244. The third-order valence-electron chi connectivity index (χ3n) is 2.91. The van der Waals surface area contributed by atoms with E-state index in [1.807, 2.05) is 6.07 Å². The summed E-state index contributed by atoms with van der Waals surface area (Å²) in [6.45, 7) is 3.14. The zero-order valence-corrected chi connectivity index (χ0v) is 10.4. The van der Waals surface area contributed by atoms with Crippen LogP contribution < -0.4 is 10.6 Å². The molecule has 1 aliphatic rings. The summed E-state index contributed by atoms with van der Waals surface area (Å²) < 4.78 is 5.33. The van der Waals surface area contributed by atoms with E-state index in [0.29, 0.717) is 5.82 Å². The number of rotatable bonds is 2. The number of nitrogen functional groups attached to an aromatic ring is 1. The van der Waals surface area contributed by atoms with Gasteiger partial charge in [0.25, 0.3) is 0 Å². The van der Waals surface area contributed by atoms with Gasteiger partial charge in [-0.3, -0.25) is 0 Å². The topological polar surface area (TPSA) is 90.0 Å². The normalized spacial score (nSPS) is 15.5. The van der Waals surface area contributed by atoms with Crippen LogP contribution in [0, 0.1) is 0 Å². The quantitative estimate of drug-likeness (QED) is 0.831. The molecular formula is C12H14N6O. The van der Waals surface area contributed by atoms with Crippen molar-refractivity contribution in [1.82, 2.24) is 19.9 Å². The highest BCUT2D eigenvalue weighted by atomic mass is 16.5. The standard InChI is InChI=1S/C12H14N6O/c13-12-15-7-9(8-16-12)11-14-2-1-10(17-11)18-3-5-19-6-4-18/h1-2,7-8H,3-6H2,(H2,13,15,16). The Labute approximate surface area is 110 Å². The molecule has 98 valence electrons. The Hall–Kier alpha value is -2.28. The van der Waals surface area contributed by atoms with Gasteiger partial charge >= 0.3 is 0 Å². The minimum atomic E-state index is 0.244. The van der Waals surface area contributed by atoms with Gasteiger partial charge in [0, 0.05) is 31.7 Å². The molecule has 0 spiro atoms. The Balaban J connectivity index is 1.88. The summed E-state index contributed by atoms with van der Waals surface area (Å²) in [5, 5.41) is 0. The van der Waals surface area contributed by atoms with Crippen LogP contribution in [0.25, 0.3) is 11.4 Å². The van der Waals surface area contributed by atoms with Gasteiger partial charge in [0.2, 0.25) is 5.95 Å². The van der Waals surface area contributed by atoms with E-state index in [-0.39, 0.29) is 5.95 Å². The van der Waals surface area contributed by atoms with E-state index >= 15 is 0 Å². The van der Waals surface area contributed by atoms with Crippen LogP contribution in [-0.4, -0.2) is 46.2 Å². The third kappa shape index (κ3) is 2.60. The maximum Gasteiger partial charge on any atom is 0.219 e. The Morgan fingerprint density at radius 2 is 1.84 bits per heavy atom. The molecule has 0 atom stereocenters. The van der Waals surface area contributed by atoms with E-state index in [9.17, 15) is 0 Å². The lowest BCUT2D eigenvalue weighted by atomic mass is 10.3. The number of nitrogens with zero attached hydrogens (tertiary/aromatic N) is 5. The Kier molecular flexibility index (Phi) is 3.20. The van der Waals surface area contributed by atoms with Gasteiger partial charge in [0.1, 0.15) is 5.82 Å². The molecule has 7 heteroatoms. The minimum Gasteiger partial charge on any atom is -0.378 e. The van der Waals surface area contributed by atoms with Crippen LogP contribution in [0.4, 0.5) is 11.8 Å². The highest BCUT2D eigenvalue weighted by Crippen LogP contribution is 2.17. The first-order valence-electron chi connectivity index (χ1n) is 6.06. The second-order valence-electron chi connectivity index (χ2n) is 4.17. The Morgan fingerprint density at radius 3 is 2.58 bits per heavy atom. The predicted molar refractivity (Wildman–Crippen MR) is 70.5 cm³/mol. The van der Waals surface area contributed by atoms with E-state index in [1.165, 1.54) is 0 Å². The molecule has 0 aromatic carbocycles. The van der Waals surface area contributed by atoms with E-state index in [0.717, 1.165) is 37.7 Å². The lowest BCUT2D eigenvalue weighted by Crippen LogP contribution is -2.36. The summed E-state index contributed by atoms with van der Waals surface area (Å²) in [4.78, 5) is 18.9. The summed E-state index contributed by atoms with van der Waals surface area (Å²) in [6.07, 6.45) is 4.99. The second-order valence-corrected chi connectivity index (χ2v) is 4.17. The molecule has 0 amide bonds. The van der Waals surface area contributed by atoms with Crippen molar-refractivity contribution in [3.05, 3.63) is 24.7 Å². The van der Waals surface area contributed by atoms with Crippen molar-refractivity contribution in [2.24, 2.45) is 0 Å². The maximum absolute atomic E-state index is 5.47.